The Morgan fingerprint density at radius 1 is 1.07 bits per heavy atom. The van der Waals surface area contributed by atoms with E-state index in [1.165, 1.54) is 51.4 Å². The fourth-order valence-corrected chi connectivity index (χ4v) is 8.93. The zero-order valence-corrected chi connectivity index (χ0v) is 19.2. The van der Waals surface area contributed by atoms with E-state index >= 15 is 0 Å². The van der Waals surface area contributed by atoms with E-state index in [0.29, 0.717) is 17.7 Å². The maximum absolute atomic E-state index is 13.3. The molecule has 166 valence electrons. The van der Waals surface area contributed by atoms with E-state index in [1.54, 1.807) is 12.5 Å². The molecule has 0 bridgehead atoms. The van der Waals surface area contributed by atoms with Crippen molar-refractivity contribution in [2.75, 3.05) is 13.7 Å². The number of imidazole rings is 1. The number of Topliss-reactive ketones (excluding diaryl/α,β-unsaturated/α-hetero) is 1. The number of aromatic nitrogens is 2. The topological polar surface area (TPSA) is 44.1 Å². The van der Waals surface area contributed by atoms with Gasteiger partial charge in [0.05, 0.1) is 12.9 Å². The summed E-state index contributed by atoms with van der Waals surface area (Å²) in [7, 11) is 1.86. The normalized spacial score (nSPS) is 45.4. The summed E-state index contributed by atoms with van der Waals surface area (Å²) >= 11 is 0. The predicted octanol–water partition coefficient (Wildman–Crippen LogP) is 5.37. The minimum Gasteiger partial charge on any atom is -0.384 e. The van der Waals surface area contributed by atoms with Crippen LogP contribution in [0.1, 0.15) is 71.6 Å². The largest absolute Gasteiger partial charge is 0.384 e. The lowest BCUT2D eigenvalue weighted by molar-refractivity contribution is -0.138. The van der Waals surface area contributed by atoms with Crippen LogP contribution in [0.4, 0.5) is 0 Å². The third-order valence-electron chi connectivity index (χ3n) is 10.5. The number of carbonyl (C=O) groups is 1. The fourth-order valence-electron chi connectivity index (χ4n) is 8.93. The fraction of sp³-hybridized carbons (Fsp3) is 0.846. The lowest BCUT2D eigenvalue weighted by atomic mass is 9.44. The van der Waals surface area contributed by atoms with Crippen molar-refractivity contribution < 1.29 is 9.53 Å². The lowest BCUT2D eigenvalue weighted by Crippen LogP contribution is -2.54. The first kappa shape index (κ1) is 20.7. The summed E-state index contributed by atoms with van der Waals surface area (Å²) in [4.78, 5) is 17.4. The molecule has 5 rings (SSSR count). The minimum atomic E-state index is 0.218. The Balaban J connectivity index is 1.32. The molecule has 0 saturated heterocycles. The number of methoxy groups -OCH3 is 1. The van der Waals surface area contributed by atoms with Gasteiger partial charge in [-0.2, -0.15) is 0 Å². The van der Waals surface area contributed by atoms with Crippen molar-refractivity contribution in [1.82, 2.24) is 9.55 Å². The monoisotopic (exact) mass is 412 g/mol. The molecule has 4 heteroatoms. The molecule has 30 heavy (non-hydrogen) atoms. The molecular weight excluding hydrogens is 372 g/mol. The highest BCUT2D eigenvalue weighted by Crippen LogP contribution is 2.67. The summed E-state index contributed by atoms with van der Waals surface area (Å²) < 4.78 is 7.46. The molecule has 4 saturated carbocycles. The maximum atomic E-state index is 13.3. The molecular formula is C26H40N2O2. The van der Waals surface area contributed by atoms with E-state index in [0.717, 1.165) is 42.6 Å². The molecule has 1 heterocycles. The van der Waals surface area contributed by atoms with E-state index in [1.807, 2.05) is 17.9 Å². The molecule has 1 aromatic heterocycles. The third-order valence-corrected chi connectivity index (χ3v) is 10.5. The van der Waals surface area contributed by atoms with Crippen LogP contribution in [0.5, 0.6) is 0 Å². The van der Waals surface area contributed by atoms with Gasteiger partial charge in [0, 0.05) is 32.0 Å². The van der Waals surface area contributed by atoms with Crippen molar-refractivity contribution in [3.05, 3.63) is 18.7 Å². The van der Waals surface area contributed by atoms with Gasteiger partial charge in [-0.05, 0) is 98.2 Å². The van der Waals surface area contributed by atoms with Gasteiger partial charge in [0.1, 0.15) is 0 Å². The second-order valence-corrected chi connectivity index (χ2v) is 11.6. The van der Waals surface area contributed by atoms with Crippen molar-refractivity contribution in [2.24, 2.45) is 46.3 Å². The van der Waals surface area contributed by atoms with Gasteiger partial charge in [-0.1, -0.05) is 13.8 Å². The zero-order valence-electron chi connectivity index (χ0n) is 19.2. The highest BCUT2D eigenvalue weighted by Gasteiger charge is 2.61. The number of ketones is 1. The van der Waals surface area contributed by atoms with E-state index in [2.05, 4.69) is 18.8 Å². The number of carbonyl (C=O) groups excluding carboxylic acids is 1. The Hall–Kier alpha value is -1.16. The average molecular weight is 413 g/mol. The van der Waals surface area contributed by atoms with Crippen LogP contribution in [-0.2, 0) is 16.1 Å². The van der Waals surface area contributed by atoms with Gasteiger partial charge in [0.2, 0.25) is 0 Å². The summed E-state index contributed by atoms with van der Waals surface area (Å²) in [5.41, 5.74) is 0.739. The number of rotatable bonds is 5. The van der Waals surface area contributed by atoms with Crippen LogP contribution >= 0.6 is 0 Å². The lowest BCUT2D eigenvalue weighted by Gasteiger charge is -2.61. The van der Waals surface area contributed by atoms with Crippen molar-refractivity contribution in [3.63, 3.8) is 0 Å². The molecule has 4 nitrogen and oxygen atoms in total. The van der Waals surface area contributed by atoms with Gasteiger partial charge in [0.15, 0.2) is 5.78 Å². The summed E-state index contributed by atoms with van der Waals surface area (Å²) in [5.74, 6) is 4.82. The Morgan fingerprint density at radius 2 is 1.87 bits per heavy atom. The Labute approximate surface area is 182 Å². The van der Waals surface area contributed by atoms with Gasteiger partial charge in [-0.3, -0.25) is 4.79 Å². The summed E-state index contributed by atoms with van der Waals surface area (Å²) in [5, 5.41) is 0. The van der Waals surface area contributed by atoms with Crippen LogP contribution in [0.15, 0.2) is 18.7 Å². The number of hydrogen-bond acceptors (Lipinski definition) is 3. The first-order valence-electron chi connectivity index (χ1n) is 12.4. The molecule has 0 aliphatic heterocycles. The number of ether oxygens (including phenoxy) is 1. The smallest absolute Gasteiger partial charge is 0.156 e. The highest BCUT2D eigenvalue weighted by molar-refractivity contribution is 5.82. The molecule has 8 atom stereocenters. The van der Waals surface area contributed by atoms with Crippen molar-refractivity contribution >= 4 is 5.78 Å². The second-order valence-electron chi connectivity index (χ2n) is 11.6. The van der Waals surface area contributed by atoms with Gasteiger partial charge in [-0.15, -0.1) is 0 Å². The first-order chi connectivity index (χ1) is 14.5. The molecule has 4 fully saturated rings. The third kappa shape index (κ3) is 3.20. The molecule has 4 aliphatic rings. The van der Waals surface area contributed by atoms with Crippen LogP contribution in [0, 0.1) is 46.3 Å². The highest BCUT2D eigenvalue weighted by atomic mass is 16.5. The average Bonchev–Trinajstić information content (AvgIpc) is 3.35. The van der Waals surface area contributed by atoms with Crippen LogP contribution in [0.3, 0.4) is 0 Å². The molecule has 8 unspecified atom stereocenters. The summed E-state index contributed by atoms with van der Waals surface area (Å²) in [6.45, 7) is 6.56. The van der Waals surface area contributed by atoms with Gasteiger partial charge >= 0.3 is 0 Å². The van der Waals surface area contributed by atoms with E-state index in [9.17, 15) is 4.79 Å². The molecule has 0 spiro atoms. The van der Waals surface area contributed by atoms with Crippen LogP contribution in [0.25, 0.3) is 0 Å². The SMILES string of the molecule is COCC1CCC2(C)C(CCC3C2CCC2(C)C(C(=O)Cn4ccnc4)CCC32)C1. The van der Waals surface area contributed by atoms with Gasteiger partial charge in [0.25, 0.3) is 0 Å². The van der Waals surface area contributed by atoms with Crippen LogP contribution < -0.4 is 0 Å². The van der Waals surface area contributed by atoms with Crippen molar-refractivity contribution in [1.29, 1.82) is 0 Å². The molecule has 1 aromatic rings. The molecule has 0 radical (unpaired) electrons. The quantitative estimate of drug-likeness (QED) is 0.653. The van der Waals surface area contributed by atoms with Crippen LogP contribution in [-0.4, -0.2) is 29.1 Å². The Bertz CT molecular complexity index is 761. The van der Waals surface area contributed by atoms with E-state index in [4.69, 9.17) is 4.74 Å². The van der Waals surface area contributed by atoms with Crippen LogP contribution in [0.2, 0.25) is 0 Å². The first-order valence-corrected chi connectivity index (χ1v) is 12.4. The molecule has 0 N–H and O–H groups in total. The van der Waals surface area contributed by atoms with E-state index in [-0.39, 0.29) is 11.3 Å². The molecule has 0 amide bonds. The van der Waals surface area contributed by atoms with Crippen molar-refractivity contribution in [3.8, 4) is 0 Å². The zero-order chi connectivity index (χ0) is 20.9. The summed E-state index contributed by atoms with van der Waals surface area (Å²) in [6, 6.07) is 0. The number of fused-ring (bicyclic) bond motifs is 5. The standard InChI is InChI=1S/C26H40N2O2/c1-25-10-8-18(16-30-3)14-19(25)4-5-20-21-6-7-23(26(21,2)11-9-22(20)25)24(29)15-28-13-12-27-17-28/h12-13,17-23H,4-11,14-16H2,1-3H3. The number of hydrogen-bond donors (Lipinski definition) is 0. The minimum absolute atomic E-state index is 0.218. The molecule has 0 aromatic carbocycles. The molecule has 4 aliphatic carbocycles. The van der Waals surface area contributed by atoms with Gasteiger partial charge < -0.3 is 9.30 Å². The number of nitrogens with zero attached hydrogens (tertiary/aromatic N) is 2. The van der Waals surface area contributed by atoms with Crippen molar-refractivity contribution in [2.45, 2.75) is 78.2 Å². The summed E-state index contributed by atoms with van der Waals surface area (Å²) in [6.07, 6.45) is 17.4. The Morgan fingerprint density at radius 3 is 2.63 bits per heavy atom. The second kappa shape index (κ2) is 7.76. The Kier molecular flexibility index (Phi) is 5.36. The van der Waals surface area contributed by atoms with Gasteiger partial charge in [-0.25, -0.2) is 4.98 Å². The maximum Gasteiger partial charge on any atom is 0.156 e. The predicted molar refractivity (Wildman–Crippen MR) is 118 cm³/mol. The van der Waals surface area contributed by atoms with E-state index < -0.39 is 0 Å².